The highest BCUT2D eigenvalue weighted by atomic mass is 16.6. The van der Waals surface area contributed by atoms with Gasteiger partial charge in [-0.2, -0.15) is 0 Å². The van der Waals surface area contributed by atoms with Gasteiger partial charge < -0.3 is 4.74 Å². The summed E-state index contributed by atoms with van der Waals surface area (Å²) in [5, 5.41) is 2.12. The Bertz CT molecular complexity index is 303. The van der Waals surface area contributed by atoms with Crippen molar-refractivity contribution >= 4 is 17.8 Å². The first-order chi connectivity index (χ1) is 6.79. The summed E-state index contributed by atoms with van der Waals surface area (Å²) in [7, 11) is 0. The van der Waals surface area contributed by atoms with Crippen molar-refractivity contribution in [2.75, 3.05) is 0 Å². The predicted molar refractivity (Wildman–Crippen MR) is 51.7 cm³/mol. The number of amides is 2. The van der Waals surface area contributed by atoms with E-state index < -0.39 is 23.4 Å². The number of hydrogen-bond donors (Lipinski definition) is 1. The van der Waals surface area contributed by atoms with Gasteiger partial charge in [-0.05, 0) is 27.2 Å². The van der Waals surface area contributed by atoms with E-state index in [0.29, 0.717) is 0 Å². The zero-order chi connectivity index (χ0) is 11.6. The number of carbonyl (C=O) groups is 3. The van der Waals surface area contributed by atoms with Crippen LogP contribution in [0.5, 0.6) is 0 Å². The van der Waals surface area contributed by atoms with Crippen LogP contribution in [0.4, 0.5) is 0 Å². The van der Waals surface area contributed by atoms with Crippen molar-refractivity contribution in [1.29, 1.82) is 0 Å². The van der Waals surface area contributed by atoms with E-state index in [1.807, 2.05) is 0 Å². The normalized spacial score (nSPS) is 22.2. The lowest BCUT2D eigenvalue weighted by Crippen LogP contribution is -2.45. The molecule has 0 bridgehead atoms. The monoisotopic (exact) mass is 213 g/mol. The molecule has 5 nitrogen and oxygen atoms in total. The third-order valence-electron chi connectivity index (χ3n) is 1.93. The maximum absolute atomic E-state index is 11.5. The van der Waals surface area contributed by atoms with Gasteiger partial charge in [-0.25, -0.2) is 0 Å². The lowest BCUT2D eigenvalue weighted by molar-refractivity contribution is -0.164. The van der Waals surface area contributed by atoms with Crippen molar-refractivity contribution in [1.82, 2.24) is 5.32 Å². The van der Waals surface area contributed by atoms with E-state index in [-0.39, 0.29) is 18.7 Å². The summed E-state index contributed by atoms with van der Waals surface area (Å²) >= 11 is 0. The van der Waals surface area contributed by atoms with Gasteiger partial charge >= 0.3 is 5.97 Å². The van der Waals surface area contributed by atoms with E-state index in [0.717, 1.165) is 0 Å². The number of imide groups is 1. The summed E-state index contributed by atoms with van der Waals surface area (Å²) < 4.78 is 5.07. The van der Waals surface area contributed by atoms with Crippen molar-refractivity contribution in [3.8, 4) is 0 Å². The van der Waals surface area contributed by atoms with Gasteiger partial charge in [-0.3, -0.25) is 19.7 Å². The van der Waals surface area contributed by atoms with Crippen molar-refractivity contribution < 1.29 is 19.1 Å². The van der Waals surface area contributed by atoms with Gasteiger partial charge in [0.25, 0.3) is 0 Å². The third-order valence-corrected chi connectivity index (χ3v) is 1.93. The lowest BCUT2D eigenvalue weighted by Gasteiger charge is -2.25. The lowest BCUT2D eigenvalue weighted by atomic mass is 9.98. The molecule has 1 unspecified atom stereocenters. The number of nitrogens with one attached hydrogen (secondary N) is 1. The second-order valence-corrected chi connectivity index (χ2v) is 4.54. The summed E-state index contributed by atoms with van der Waals surface area (Å²) in [6.45, 7) is 5.20. The Morgan fingerprint density at radius 3 is 2.47 bits per heavy atom. The Hall–Kier alpha value is -1.39. The average molecular weight is 213 g/mol. The molecule has 1 atom stereocenters. The average Bonchev–Trinajstić information content (AvgIpc) is 1.99. The molecule has 1 rings (SSSR count). The standard InChI is InChI=1S/C10H15NO4/c1-10(2,3)15-9(14)6-4-5-7(12)11-8(6)13/h6H,4-5H2,1-3H3,(H,11,12,13). The molecule has 0 spiro atoms. The van der Waals surface area contributed by atoms with E-state index in [1.165, 1.54) is 0 Å². The number of carbonyl (C=O) groups excluding carboxylic acids is 3. The van der Waals surface area contributed by atoms with Gasteiger partial charge in [0.15, 0.2) is 0 Å². The van der Waals surface area contributed by atoms with Crippen LogP contribution < -0.4 is 5.32 Å². The smallest absolute Gasteiger partial charge is 0.319 e. The molecule has 84 valence electrons. The van der Waals surface area contributed by atoms with Crippen LogP contribution in [0.15, 0.2) is 0 Å². The second kappa shape index (κ2) is 4.00. The molecule has 1 fully saturated rings. The van der Waals surface area contributed by atoms with Crippen molar-refractivity contribution in [3.63, 3.8) is 0 Å². The molecule has 0 aromatic heterocycles. The third kappa shape index (κ3) is 3.34. The minimum absolute atomic E-state index is 0.190. The number of piperidine rings is 1. The van der Waals surface area contributed by atoms with Crippen molar-refractivity contribution in [3.05, 3.63) is 0 Å². The second-order valence-electron chi connectivity index (χ2n) is 4.54. The summed E-state index contributed by atoms with van der Waals surface area (Å²) in [6, 6.07) is 0. The van der Waals surface area contributed by atoms with E-state index in [1.54, 1.807) is 20.8 Å². The van der Waals surface area contributed by atoms with Gasteiger partial charge in [0.2, 0.25) is 11.8 Å². The molecular weight excluding hydrogens is 198 g/mol. The fourth-order valence-corrected chi connectivity index (χ4v) is 1.29. The minimum Gasteiger partial charge on any atom is -0.459 e. The van der Waals surface area contributed by atoms with Gasteiger partial charge in [0.05, 0.1) is 0 Å². The molecule has 2 amide bonds. The Balaban J connectivity index is 2.61. The Morgan fingerprint density at radius 1 is 1.40 bits per heavy atom. The predicted octanol–water partition coefficient (Wildman–Crippen LogP) is 0.381. The largest absolute Gasteiger partial charge is 0.459 e. The van der Waals surface area contributed by atoms with Crippen LogP contribution in [0, 0.1) is 5.92 Å². The maximum Gasteiger partial charge on any atom is 0.319 e. The quantitative estimate of drug-likeness (QED) is 0.388. The number of ether oxygens (including phenoxy) is 1. The highest BCUT2D eigenvalue weighted by molar-refractivity contribution is 6.07. The Kier molecular flexibility index (Phi) is 3.12. The van der Waals surface area contributed by atoms with Crippen LogP contribution in [0.3, 0.4) is 0 Å². The SMILES string of the molecule is CC(C)(C)OC(=O)C1CCC(=O)NC1=O. The molecule has 1 saturated heterocycles. The summed E-state index contributed by atoms with van der Waals surface area (Å²) in [6.07, 6.45) is 0.426. The maximum atomic E-state index is 11.5. The molecule has 5 heteroatoms. The summed E-state index contributed by atoms with van der Waals surface area (Å²) in [5.41, 5.74) is -0.612. The minimum atomic E-state index is -0.845. The molecule has 1 N–H and O–H groups in total. The highest BCUT2D eigenvalue weighted by Crippen LogP contribution is 2.17. The molecule has 0 aliphatic carbocycles. The molecule has 1 aliphatic heterocycles. The number of hydrogen-bond acceptors (Lipinski definition) is 4. The van der Waals surface area contributed by atoms with Crippen LogP contribution in [0.1, 0.15) is 33.6 Å². The highest BCUT2D eigenvalue weighted by Gasteiger charge is 2.35. The molecular formula is C10H15NO4. The van der Waals surface area contributed by atoms with E-state index in [2.05, 4.69) is 5.32 Å². The van der Waals surface area contributed by atoms with Crippen LogP contribution in [-0.4, -0.2) is 23.4 Å². The summed E-state index contributed by atoms with van der Waals surface area (Å²) in [5.74, 6) is -2.30. The summed E-state index contributed by atoms with van der Waals surface area (Å²) in [4.78, 5) is 33.7. The first kappa shape index (κ1) is 11.7. The Morgan fingerprint density at radius 2 is 2.00 bits per heavy atom. The molecule has 1 heterocycles. The van der Waals surface area contributed by atoms with Gasteiger partial charge in [-0.1, -0.05) is 0 Å². The van der Waals surface area contributed by atoms with E-state index >= 15 is 0 Å². The van der Waals surface area contributed by atoms with Crippen LogP contribution in [-0.2, 0) is 19.1 Å². The van der Waals surface area contributed by atoms with Crippen LogP contribution >= 0.6 is 0 Å². The molecule has 0 aromatic carbocycles. The molecule has 0 saturated carbocycles. The van der Waals surface area contributed by atoms with Gasteiger partial charge in [0.1, 0.15) is 11.5 Å². The number of esters is 1. The van der Waals surface area contributed by atoms with Crippen LogP contribution in [0.2, 0.25) is 0 Å². The van der Waals surface area contributed by atoms with E-state index in [4.69, 9.17) is 4.74 Å². The fraction of sp³-hybridized carbons (Fsp3) is 0.700. The van der Waals surface area contributed by atoms with Crippen molar-refractivity contribution in [2.24, 2.45) is 5.92 Å². The molecule has 0 aromatic rings. The zero-order valence-corrected chi connectivity index (χ0v) is 9.12. The first-order valence-electron chi connectivity index (χ1n) is 4.86. The first-order valence-corrected chi connectivity index (χ1v) is 4.86. The number of rotatable bonds is 1. The van der Waals surface area contributed by atoms with Crippen LogP contribution in [0.25, 0.3) is 0 Å². The molecule has 0 radical (unpaired) electrons. The zero-order valence-electron chi connectivity index (χ0n) is 9.12. The van der Waals surface area contributed by atoms with E-state index in [9.17, 15) is 14.4 Å². The Labute approximate surface area is 88.2 Å². The van der Waals surface area contributed by atoms with Gasteiger partial charge in [-0.15, -0.1) is 0 Å². The molecule has 15 heavy (non-hydrogen) atoms. The topological polar surface area (TPSA) is 72.5 Å². The molecule has 1 aliphatic rings. The fourth-order valence-electron chi connectivity index (χ4n) is 1.29. The van der Waals surface area contributed by atoms with Crippen molar-refractivity contribution in [2.45, 2.75) is 39.2 Å². The van der Waals surface area contributed by atoms with Gasteiger partial charge in [0, 0.05) is 6.42 Å².